The van der Waals surface area contributed by atoms with Crippen molar-refractivity contribution in [1.29, 1.82) is 0 Å². The molecule has 0 aliphatic rings. The first-order valence-electron chi connectivity index (χ1n) is 4.19. The van der Waals surface area contributed by atoms with Crippen LogP contribution in [0.3, 0.4) is 0 Å². The zero-order valence-electron chi connectivity index (χ0n) is 7.40. The van der Waals surface area contributed by atoms with E-state index < -0.39 is 0 Å². The van der Waals surface area contributed by atoms with Gasteiger partial charge in [-0.1, -0.05) is 28.9 Å². The normalized spacial score (nSPS) is 10.4. The molecule has 72 valence electrons. The van der Waals surface area contributed by atoms with Gasteiger partial charge in [0.25, 0.3) is 0 Å². The van der Waals surface area contributed by atoms with Gasteiger partial charge in [-0.05, 0) is 17.7 Å². The van der Waals surface area contributed by atoms with E-state index in [0.717, 1.165) is 16.3 Å². The Balaban J connectivity index is 2.18. The number of anilines is 1. The first kappa shape index (κ1) is 9.09. The molecule has 0 bridgehead atoms. The maximum absolute atomic E-state index is 5.85. The first-order valence-corrected chi connectivity index (χ1v) is 4.57. The van der Waals surface area contributed by atoms with Gasteiger partial charge in [-0.15, -0.1) is 0 Å². The monoisotopic (exact) mass is 208 g/mol. The predicted molar refractivity (Wildman–Crippen MR) is 55.2 cm³/mol. The van der Waals surface area contributed by atoms with Gasteiger partial charge in [-0.2, -0.15) is 0 Å². The van der Waals surface area contributed by atoms with E-state index in [0.29, 0.717) is 12.2 Å². The summed E-state index contributed by atoms with van der Waals surface area (Å²) in [5.74, 6) is 1.15. The van der Waals surface area contributed by atoms with E-state index >= 15 is 0 Å². The van der Waals surface area contributed by atoms with Crippen LogP contribution in [0.2, 0.25) is 5.02 Å². The molecule has 4 heteroatoms. The minimum Gasteiger partial charge on any atom is -0.381 e. The fourth-order valence-corrected chi connectivity index (χ4v) is 1.47. The van der Waals surface area contributed by atoms with Gasteiger partial charge in [0.05, 0.1) is 0 Å². The Morgan fingerprint density at radius 3 is 2.86 bits per heavy atom. The SMILES string of the molecule is Nc1cc(Cc2cccc(Cl)c2)on1. The van der Waals surface area contributed by atoms with Crippen molar-refractivity contribution in [1.82, 2.24) is 5.16 Å². The summed E-state index contributed by atoms with van der Waals surface area (Å²) in [4.78, 5) is 0. The highest BCUT2D eigenvalue weighted by molar-refractivity contribution is 6.30. The standard InChI is InChI=1S/C10H9ClN2O/c11-8-3-1-2-7(4-8)5-9-6-10(12)13-14-9/h1-4,6H,5H2,(H2,12,13). The molecular formula is C10H9ClN2O. The highest BCUT2D eigenvalue weighted by Gasteiger charge is 2.02. The van der Waals surface area contributed by atoms with E-state index in [1.54, 1.807) is 6.07 Å². The van der Waals surface area contributed by atoms with Gasteiger partial charge in [0.2, 0.25) is 0 Å². The van der Waals surface area contributed by atoms with Crippen LogP contribution in [0.1, 0.15) is 11.3 Å². The molecule has 2 aromatic rings. The van der Waals surface area contributed by atoms with Gasteiger partial charge in [0.15, 0.2) is 5.82 Å². The maximum Gasteiger partial charge on any atom is 0.167 e. The van der Waals surface area contributed by atoms with Gasteiger partial charge in [0.1, 0.15) is 5.76 Å². The summed E-state index contributed by atoms with van der Waals surface area (Å²) in [6.45, 7) is 0. The lowest BCUT2D eigenvalue weighted by Crippen LogP contribution is -1.85. The summed E-state index contributed by atoms with van der Waals surface area (Å²) in [5, 5.41) is 4.32. The highest BCUT2D eigenvalue weighted by atomic mass is 35.5. The Kier molecular flexibility index (Phi) is 2.41. The fraction of sp³-hybridized carbons (Fsp3) is 0.100. The molecular weight excluding hydrogens is 200 g/mol. The topological polar surface area (TPSA) is 52.0 Å². The van der Waals surface area contributed by atoms with E-state index in [4.69, 9.17) is 21.9 Å². The molecule has 0 unspecified atom stereocenters. The summed E-state index contributed by atoms with van der Waals surface area (Å²) in [5.41, 5.74) is 6.51. The van der Waals surface area contributed by atoms with Crippen molar-refractivity contribution in [3.63, 3.8) is 0 Å². The number of hydrogen-bond acceptors (Lipinski definition) is 3. The average molecular weight is 209 g/mol. The number of benzene rings is 1. The van der Waals surface area contributed by atoms with Crippen LogP contribution in [0.15, 0.2) is 34.9 Å². The second kappa shape index (κ2) is 3.72. The summed E-state index contributed by atoms with van der Waals surface area (Å²) in [6.07, 6.45) is 0.658. The zero-order chi connectivity index (χ0) is 9.97. The largest absolute Gasteiger partial charge is 0.381 e. The predicted octanol–water partition coefficient (Wildman–Crippen LogP) is 2.50. The third-order valence-corrected chi connectivity index (χ3v) is 2.08. The molecule has 0 aliphatic carbocycles. The molecule has 1 heterocycles. The minimum absolute atomic E-state index is 0.405. The van der Waals surface area contributed by atoms with Gasteiger partial charge >= 0.3 is 0 Å². The number of hydrogen-bond donors (Lipinski definition) is 1. The van der Waals surface area contributed by atoms with Crippen LogP contribution < -0.4 is 5.73 Å². The van der Waals surface area contributed by atoms with Crippen LogP contribution in [0.5, 0.6) is 0 Å². The van der Waals surface area contributed by atoms with Gasteiger partial charge in [0, 0.05) is 17.5 Å². The lowest BCUT2D eigenvalue weighted by molar-refractivity contribution is 0.392. The third kappa shape index (κ3) is 2.06. The first-order chi connectivity index (χ1) is 6.74. The Morgan fingerprint density at radius 1 is 1.36 bits per heavy atom. The van der Waals surface area contributed by atoms with Crippen molar-refractivity contribution in [2.75, 3.05) is 5.73 Å². The van der Waals surface area contributed by atoms with Crippen molar-refractivity contribution in [2.24, 2.45) is 0 Å². The molecule has 14 heavy (non-hydrogen) atoms. The molecule has 0 saturated carbocycles. The molecule has 2 N–H and O–H groups in total. The maximum atomic E-state index is 5.85. The van der Waals surface area contributed by atoms with Crippen LogP contribution in [0.25, 0.3) is 0 Å². The Labute approximate surface area is 86.5 Å². The summed E-state index contributed by atoms with van der Waals surface area (Å²) >= 11 is 5.85. The number of rotatable bonds is 2. The summed E-state index contributed by atoms with van der Waals surface area (Å²) < 4.78 is 4.99. The van der Waals surface area contributed by atoms with Crippen LogP contribution >= 0.6 is 11.6 Å². The van der Waals surface area contributed by atoms with E-state index in [-0.39, 0.29) is 0 Å². The van der Waals surface area contributed by atoms with Crippen LogP contribution in [-0.2, 0) is 6.42 Å². The summed E-state index contributed by atoms with van der Waals surface area (Å²) in [6, 6.07) is 9.31. The lowest BCUT2D eigenvalue weighted by Gasteiger charge is -1.97. The number of nitrogens with zero attached hydrogens (tertiary/aromatic N) is 1. The van der Waals surface area contributed by atoms with Gasteiger partial charge in [-0.25, -0.2) is 0 Å². The molecule has 0 saturated heterocycles. The quantitative estimate of drug-likeness (QED) is 0.825. The van der Waals surface area contributed by atoms with Crippen LogP contribution in [-0.4, -0.2) is 5.16 Å². The number of aromatic nitrogens is 1. The van der Waals surface area contributed by atoms with E-state index in [9.17, 15) is 0 Å². The van der Waals surface area contributed by atoms with E-state index in [1.807, 2.05) is 24.3 Å². The second-order valence-corrected chi connectivity index (χ2v) is 3.46. The van der Waals surface area contributed by atoms with Crippen molar-refractivity contribution < 1.29 is 4.52 Å². The Bertz CT molecular complexity index is 439. The van der Waals surface area contributed by atoms with Gasteiger partial charge < -0.3 is 10.3 Å². The fourth-order valence-electron chi connectivity index (χ4n) is 1.26. The van der Waals surface area contributed by atoms with Crippen molar-refractivity contribution >= 4 is 17.4 Å². The lowest BCUT2D eigenvalue weighted by atomic mass is 10.1. The smallest absolute Gasteiger partial charge is 0.167 e. The van der Waals surface area contributed by atoms with E-state index in [1.165, 1.54) is 0 Å². The van der Waals surface area contributed by atoms with Crippen LogP contribution in [0, 0.1) is 0 Å². The third-order valence-electron chi connectivity index (χ3n) is 1.84. The molecule has 1 aromatic carbocycles. The molecule has 0 fully saturated rings. The van der Waals surface area contributed by atoms with Crippen molar-refractivity contribution in [3.05, 3.63) is 46.7 Å². The van der Waals surface area contributed by atoms with Crippen molar-refractivity contribution in [3.8, 4) is 0 Å². The number of nitrogens with two attached hydrogens (primary N) is 1. The molecule has 0 radical (unpaired) electrons. The number of halogens is 1. The molecule has 2 rings (SSSR count). The molecule has 0 amide bonds. The van der Waals surface area contributed by atoms with Crippen LogP contribution in [0.4, 0.5) is 5.82 Å². The minimum atomic E-state index is 0.405. The number of nitrogen functional groups attached to an aromatic ring is 1. The summed E-state index contributed by atoms with van der Waals surface area (Å²) in [7, 11) is 0. The van der Waals surface area contributed by atoms with Crippen molar-refractivity contribution in [2.45, 2.75) is 6.42 Å². The van der Waals surface area contributed by atoms with E-state index in [2.05, 4.69) is 5.16 Å². The molecule has 0 spiro atoms. The average Bonchev–Trinajstić information content (AvgIpc) is 2.51. The molecule has 1 aromatic heterocycles. The highest BCUT2D eigenvalue weighted by Crippen LogP contribution is 2.15. The van der Waals surface area contributed by atoms with Gasteiger partial charge in [-0.3, -0.25) is 0 Å². The Morgan fingerprint density at radius 2 is 2.21 bits per heavy atom. The molecule has 3 nitrogen and oxygen atoms in total. The molecule has 0 atom stereocenters. The second-order valence-electron chi connectivity index (χ2n) is 3.02. The Hall–Kier alpha value is -1.48. The molecule has 0 aliphatic heterocycles. The zero-order valence-corrected chi connectivity index (χ0v) is 8.16.